The highest BCUT2D eigenvalue weighted by Gasteiger charge is 2.10. The van der Waals surface area contributed by atoms with Gasteiger partial charge in [-0.2, -0.15) is 0 Å². The second kappa shape index (κ2) is 10.9. The van der Waals surface area contributed by atoms with Gasteiger partial charge in [-0.05, 0) is 51.5 Å². The Bertz CT molecular complexity index is 593. The van der Waals surface area contributed by atoms with Crippen molar-refractivity contribution in [3.05, 3.63) is 50.6 Å². The lowest BCUT2D eigenvalue weighted by Gasteiger charge is -2.16. The third kappa shape index (κ3) is 6.13. The summed E-state index contributed by atoms with van der Waals surface area (Å²) >= 11 is 5.06. The van der Waals surface area contributed by atoms with Gasteiger partial charge < -0.3 is 14.8 Å². The van der Waals surface area contributed by atoms with E-state index >= 15 is 0 Å². The van der Waals surface area contributed by atoms with Crippen molar-refractivity contribution in [3.8, 4) is 5.75 Å². The molecule has 2 aromatic rings. The van der Waals surface area contributed by atoms with Crippen LogP contribution in [-0.2, 0) is 16.0 Å². The summed E-state index contributed by atoms with van der Waals surface area (Å²) in [6.07, 6.45) is 1.44. The van der Waals surface area contributed by atoms with Crippen molar-refractivity contribution in [2.45, 2.75) is 12.6 Å². The number of amides is 1. The number of carbonyl (C=O) groups excluding carboxylic acids is 2. The first-order chi connectivity index (χ1) is 11.2. The minimum atomic E-state index is -0.139. The topological polar surface area (TPSA) is 67.4 Å². The zero-order valence-electron chi connectivity index (χ0n) is 12.8. The highest BCUT2D eigenvalue weighted by atomic mass is 79.9. The Balaban J connectivity index is 0.00000127. The van der Waals surface area contributed by atoms with Crippen LogP contribution >= 0.6 is 27.3 Å². The van der Waals surface area contributed by atoms with Crippen LogP contribution in [0.5, 0.6) is 5.75 Å². The van der Waals surface area contributed by atoms with Gasteiger partial charge >= 0.3 is 0 Å². The predicted octanol–water partition coefficient (Wildman–Crippen LogP) is 2.91. The number of carbonyl (C=O) groups is 2. The highest BCUT2D eigenvalue weighted by Crippen LogP contribution is 2.25. The summed E-state index contributed by atoms with van der Waals surface area (Å²) in [6.45, 7) is 2.76. The van der Waals surface area contributed by atoms with Gasteiger partial charge in [-0.15, -0.1) is 11.3 Å². The maximum Gasteiger partial charge on any atom is 0.208 e. The zero-order chi connectivity index (χ0) is 17.1. The Hall–Kier alpha value is -1.70. The third-order valence-corrected chi connectivity index (χ3v) is 4.63. The molecule has 23 heavy (non-hydrogen) atoms. The summed E-state index contributed by atoms with van der Waals surface area (Å²) in [7, 11) is 1.66. The lowest BCUT2D eigenvalue weighted by atomic mass is 10.1. The summed E-state index contributed by atoms with van der Waals surface area (Å²) < 4.78 is 6.23. The molecule has 1 amide bonds. The van der Waals surface area contributed by atoms with Crippen LogP contribution in [0.1, 0.15) is 16.6 Å². The number of rotatable bonds is 8. The molecule has 0 bridgehead atoms. The average Bonchev–Trinajstić information content (AvgIpc) is 3.12. The van der Waals surface area contributed by atoms with Gasteiger partial charge in [0.25, 0.3) is 0 Å². The van der Waals surface area contributed by atoms with Crippen molar-refractivity contribution in [2.75, 3.05) is 13.7 Å². The normalized spacial score (nSPS) is 11.0. The van der Waals surface area contributed by atoms with Crippen molar-refractivity contribution in [2.24, 2.45) is 0 Å². The molecule has 0 aliphatic carbocycles. The third-order valence-electron chi connectivity index (χ3n) is 3.04. The number of hydrogen-bond acceptors (Lipinski definition) is 5. The number of ether oxygens (including phenoxy) is 1. The molecule has 1 aromatic carbocycles. The molecule has 1 aromatic heterocycles. The Morgan fingerprint density at radius 3 is 2.78 bits per heavy atom. The van der Waals surface area contributed by atoms with Crippen molar-refractivity contribution < 1.29 is 14.3 Å². The van der Waals surface area contributed by atoms with E-state index in [0.717, 1.165) is 34.5 Å². The van der Waals surface area contributed by atoms with Gasteiger partial charge in [-0.1, -0.05) is 12.1 Å². The molecule has 0 aliphatic heterocycles. The average molecular weight is 399 g/mol. The number of nitrogens with one attached hydrogen (secondary N) is 2. The molecule has 124 valence electrons. The second-order valence-electron chi connectivity index (χ2n) is 4.41. The van der Waals surface area contributed by atoms with Crippen molar-refractivity contribution in [1.29, 1.82) is 0 Å². The van der Waals surface area contributed by atoms with Crippen LogP contribution in [-0.4, -0.2) is 26.9 Å². The smallest absolute Gasteiger partial charge is 0.208 e. The molecule has 2 rings (SSSR count). The van der Waals surface area contributed by atoms with E-state index in [2.05, 4.69) is 32.6 Å². The van der Waals surface area contributed by atoms with E-state index in [-0.39, 0.29) is 6.17 Å². The van der Waals surface area contributed by atoms with Crippen LogP contribution in [0.3, 0.4) is 0 Å². The van der Waals surface area contributed by atoms with Gasteiger partial charge in [0.1, 0.15) is 18.7 Å². The highest BCUT2D eigenvalue weighted by molar-refractivity contribution is 9.10. The maximum absolute atomic E-state index is 10.7. The first kappa shape index (κ1) is 19.3. The van der Waals surface area contributed by atoms with Gasteiger partial charge in [0.2, 0.25) is 6.41 Å². The van der Waals surface area contributed by atoms with Crippen LogP contribution in [0.25, 0.3) is 0 Å². The lowest BCUT2D eigenvalue weighted by molar-refractivity contribution is -0.110. The van der Waals surface area contributed by atoms with Gasteiger partial charge in [0, 0.05) is 11.4 Å². The van der Waals surface area contributed by atoms with Crippen LogP contribution in [0, 0.1) is 0 Å². The van der Waals surface area contributed by atoms with Crippen LogP contribution < -0.4 is 15.4 Å². The summed E-state index contributed by atoms with van der Waals surface area (Å²) in [4.78, 5) is 19.8. The Labute approximate surface area is 148 Å². The maximum atomic E-state index is 10.7. The van der Waals surface area contributed by atoms with E-state index < -0.39 is 0 Å². The fraction of sp³-hybridized carbons (Fsp3) is 0.250. The number of halogens is 1. The number of benzene rings is 1. The fourth-order valence-corrected chi connectivity index (χ4v) is 3.15. The van der Waals surface area contributed by atoms with E-state index in [0.29, 0.717) is 0 Å². The van der Waals surface area contributed by atoms with Gasteiger partial charge in [0.15, 0.2) is 0 Å². The van der Waals surface area contributed by atoms with E-state index in [1.807, 2.05) is 36.4 Å². The quantitative estimate of drug-likeness (QED) is 0.529. The molecule has 0 saturated heterocycles. The molecule has 7 heteroatoms. The minimum absolute atomic E-state index is 0.139. The van der Waals surface area contributed by atoms with Gasteiger partial charge in [0.05, 0.1) is 11.6 Å². The monoisotopic (exact) mass is 398 g/mol. The lowest BCUT2D eigenvalue weighted by Crippen LogP contribution is -2.34. The Kier molecular flexibility index (Phi) is 9.20. The summed E-state index contributed by atoms with van der Waals surface area (Å²) in [6, 6.07) is 10.0. The van der Waals surface area contributed by atoms with Crippen molar-refractivity contribution in [1.82, 2.24) is 10.6 Å². The first-order valence-electron chi connectivity index (χ1n) is 6.82. The van der Waals surface area contributed by atoms with E-state index in [1.54, 1.807) is 18.4 Å². The minimum Gasteiger partial charge on any atom is -0.496 e. The SMILES string of the molecule is C=O.COc1cc(CCNC(NC=O)c2cccs2)ccc1Br. The van der Waals surface area contributed by atoms with Crippen molar-refractivity contribution >= 4 is 40.5 Å². The molecule has 1 unspecified atom stereocenters. The standard InChI is InChI=1S/C15H17BrN2O2S.CH2O/c1-20-13-9-11(4-5-12(13)16)6-7-17-15(18-10-19)14-3-2-8-21-14;1-2/h2-5,8-10,15,17H,6-7H2,1H3,(H,18,19);1H2. The van der Waals surface area contributed by atoms with Crippen molar-refractivity contribution in [3.63, 3.8) is 0 Å². The first-order valence-corrected chi connectivity index (χ1v) is 8.49. The number of thiophene rings is 1. The number of hydrogen-bond donors (Lipinski definition) is 2. The molecular weight excluding hydrogens is 380 g/mol. The van der Waals surface area contributed by atoms with Crippen LogP contribution in [0.4, 0.5) is 0 Å². The predicted molar refractivity (Wildman–Crippen MR) is 95.8 cm³/mol. The molecule has 0 radical (unpaired) electrons. The molecule has 0 fully saturated rings. The molecule has 5 nitrogen and oxygen atoms in total. The van der Waals surface area contributed by atoms with Gasteiger partial charge in [-0.25, -0.2) is 0 Å². The van der Waals surface area contributed by atoms with Crippen LogP contribution in [0.15, 0.2) is 40.2 Å². The number of methoxy groups -OCH3 is 1. The van der Waals surface area contributed by atoms with E-state index in [4.69, 9.17) is 9.53 Å². The zero-order valence-corrected chi connectivity index (χ0v) is 15.2. The Morgan fingerprint density at radius 1 is 1.39 bits per heavy atom. The summed E-state index contributed by atoms with van der Waals surface area (Å²) in [5.74, 6) is 0.827. The van der Waals surface area contributed by atoms with E-state index in [9.17, 15) is 4.79 Å². The summed E-state index contributed by atoms with van der Waals surface area (Å²) in [5.41, 5.74) is 1.18. The molecule has 1 atom stereocenters. The summed E-state index contributed by atoms with van der Waals surface area (Å²) in [5, 5.41) is 8.12. The molecule has 1 heterocycles. The second-order valence-corrected chi connectivity index (χ2v) is 6.24. The molecule has 0 saturated carbocycles. The fourth-order valence-electron chi connectivity index (χ4n) is 1.99. The van der Waals surface area contributed by atoms with Crippen LogP contribution in [0.2, 0.25) is 0 Å². The molecule has 0 spiro atoms. The molecular formula is C16H19BrN2O3S. The largest absolute Gasteiger partial charge is 0.496 e. The van der Waals surface area contributed by atoms with Gasteiger partial charge in [-0.3, -0.25) is 10.1 Å². The van der Waals surface area contributed by atoms with E-state index in [1.165, 1.54) is 5.56 Å². The Morgan fingerprint density at radius 2 is 2.17 bits per heavy atom. The molecule has 0 aliphatic rings. The molecule has 2 N–H and O–H groups in total.